The molecule has 3 N–H and O–H groups in total. The van der Waals surface area contributed by atoms with Gasteiger partial charge in [-0.2, -0.15) is 0 Å². The number of nitrogens with one attached hydrogen (secondary N) is 1. The SMILES string of the molecule is NCCNC(=O)COc1cccc(-c2cscn2)c1. The molecule has 0 saturated heterocycles. The van der Waals surface area contributed by atoms with E-state index >= 15 is 0 Å². The number of carbonyl (C=O) groups is 1. The Labute approximate surface area is 115 Å². The van der Waals surface area contributed by atoms with Crippen molar-refractivity contribution in [1.29, 1.82) is 0 Å². The molecule has 0 spiro atoms. The predicted molar refractivity (Wildman–Crippen MR) is 75.1 cm³/mol. The van der Waals surface area contributed by atoms with Gasteiger partial charge in [0.2, 0.25) is 0 Å². The van der Waals surface area contributed by atoms with Gasteiger partial charge < -0.3 is 15.8 Å². The van der Waals surface area contributed by atoms with Crippen molar-refractivity contribution in [1.82, 2.24) is 10.3 Å². The number of thiazole rings is 1. The molecule has 0 radical (unpaired) electrons. The summed E-state index contributed by atoms with van der Waals surface area (Å²) in [6.45, 7) is 0.868. The maximum absolute atomic E-state index is 11.4. The van der Waals surface area contributed by atoms with Crippen molar-refractivity contribution >= 4 is 17.2 Å². The normalized spacial score (nSPS) is 10.2. The molecule has 0 aliphatic rings. The molecule has 0 unspecified atom stereocenters. The lowest BCUT2D eigenvalue weighted by molar-refractivity contribution is -0.123. The highest BCUT2D eigenvalue weighted by atomic mass is 32.1. The van der Waals surface area contributed by atoms with Gasteiger partial charge in [0, 0.05) is 24.0 Å². The van der Waals surface area contributed by atoms with Gasteiger partial charge in [-0.05, 0) is 12.1 Å². The van der Waals surface area contributed by atoms with Crippen LogP contribution in [0.25, 0.3) is 11.3 Å². The van der Waals surface area contributed by atoms with Crippen molar-refractivity contribution in [2.45, 2.75) is 0 Å². The number of aromatic nitrogens is 1. The van der Waals surface area contributed by atoms with E-state index in [1.54, 1.807) is 5.51 Å². The number of nitrogens with zero attached hydrogens (tertiary/aromatic N) is 1. The minimum Gasteiger partial charge on any atom is -0.484 e. The van der Waals surface area contributed by atoms with E-state index in [1.165, 1.54) is 11.3 Å². The average Bonchev–Trinajstić information content (AvgIpc) is 2.97. The highest BCUT2D eigenvalue weighted by molar-refractivity contribution is 7.07. The lowest BCUT2D eigenvalue weighted by Crippen LogP contribution is -2.32. The number of ether oxygens (including phenoxy) is 1. The van der Waals surface area contributed by atoms with Crippen LogP contribution in [0.5, 0.6) is 5.75 Å². The molecule has 19 heavy (non-hydrogen) atoms. The van der Waals surface area contributed by atoms with E-state index in [4.69, 9.17) is 10.5 Å². The molecule has 1 aromatic carbocycles. The van der Waals surface area contributed by atoms with Crippen LogP contribution in [-0.2, 0) is 4.79 Å². The Morgan fingerprint density at radius 1 is 1.47 bits per heavy atom. The third-order valence-corrected chi connectivity index (χ3v) is 2.99. The van der Waals surface area contributed by atoms with Crippen molar-refractivity contribution in [3.8, 4) is 17.0 Å². The molecule has 0 bridgehead atoms. The topological polar surface area (TPSA) is 77.2 Å². The number of amides is 1. The van der Waals surface area contributed by atoms with Crippen LogP contribution in [0.1, 0.15) is 0 Å². The molecule has 0 atom stereocenters. The van der Waals surface area contributed by atoms with Crippen molar-refractivity contribution in [2.75, 3.05) is 19.7 Å². The summed E-state index contributed by atoms with van der Waals surface area (Å²) in [5.74, 6) is 0.470. The first-order valence-electron chi connectivity index (χ1n) is 5.88. The second-order valence-electron chi connectivity index (χ2n) is 3.83. The molecule has 0 fully saturated rings. The van der Waals surface area contributed by atoms with Crippen LogP contribution in [0.3, 0.4) is 0 Å². The minimum atomic E-state index is -0.176. The van der Waals surface area contributed by atoms with Crippen molar-refractivity contribution in [3.63, 3.8) is 0 Å². The van der Waals surface area contributed by atoms with Crippen LogP contribution < -0.4 is 15.8 Å². The first-order chi connectivity index (χ1) is 9.29. The molecule has 1 aromatic heterocycles. The lowest BCUT2D eigenvalue weighted by Gasteiger charge is -2.07. The zero-order valence-electron chi connectivity index (χ0n) is 10.3. The summed E-state index contributed by atoms with van der Waals surface area (Å²) in [7, 11) is 0. The van der Waals surface area contributed by atoms with E-state index in [1.807, 2.05) is 29.6 Å². The van der Waals surface area contributed by atoms with E-state index in [-0.39, 0.29) is 12.5 Å². The van der Waals surface area contributed by atoms with Crippen LogP contribution in [-0.4, -0.2) is 30.6 Å². The number of rotatable bonds is 6. The molecule has 0 saturated carbocycles. The first-order valence-corrected chi connectivity index (χ1v) is 6.82. The van der Waals surface area contributed by atoms with Gasteiger partial charge in [0.1, 0.15) is 5.75 Å². The number of hydrogen-bond acceptors (Lipinski definition) is 5. The largest absolute Gasteiger partial charge is 0.484 e. The fraction of sp³-hybridized carbons (Fsp3) is 0.231. The number of benzene rings is 1. The zero-order chi connectivity index (χ0) is 13.5. The lowest BCUT2D eigenvalue weighted by atomic mass is 10.2. The molecule has 6 heteroatoms. The fourth-order valence-corrected chi connectivity index (χ4v) is 2.07. The van der Waals surface area contributed by atoms with E-state index in [9.17, 15) is 4.79 Å². The molecule has 100 valence electrons. The first kappa shape index (κ1) is 13.5. The van der Waals surface area contributed by atoms with Crippen LogP contribution in [0.15, 0.2) is 35.2 Å². The van der Waals surface area contributed by atoms with Crippen LogP contribution in [0.2, 0.25) is 0 Å². The maximum atomic E-state index is 11.4. The molecular formula is C13H15N3O2S. The molecule has 0 aliphatic heterocycles. The van der Waals surface area contributed by atoms with Crippen molar-refractivity contribution in [3.05, 3.63) is 35.2 Å². The molecular weight excluding hydrogens is 262 g/mol. The van der Waals surface area contributed by atoms with Gasteiger partial charge in [0.15, 0.2) is 6.61 Å². The second-order valence-corrected chi connectivity index (χ2v) is 4.55. The quantitative estimate of drug-likeness (QED) is 0.833. The summed E-state index contributed by atoms with van der Waals surface area (Å²) in [4.78, 5) is 15.6. The third-order valence-electron chi connectivity index (χ3n) is 2.40. The van der Waals surface area contributed by atoms with Crippen LogP contribution >= 0.6 is 11.3 Å². The number of carbonyl (C=O) groups excluding carboxylic acids is 1. The zero-order valence-corrected chi connectivity index (χ0v) is 11.2. The molecule has 0 aliphatic carbocycles. The molecule has 1 amide bonds. The summed E-state index contributed by atoms with van der Waals surface area (Å²) in [6, 6.07) is 7.51. The molecule has 5 nitrogen and oxygen atoms in total. The summed E-state index contributed by atoms with van der Waals surface area (Å²) < 4.78 is 5.43. The van der Waals surface area contributed by atoms with Gasteiger partial charge in [-0.25, -0.2) is 4.98 Å². The van der Waals surface area contributed by atoms with Gasteiger partial charge >= 0.3 is 0 Å². The Bertz CT molecular complexity index is 528. The third kappa shape index (κ3) is 4.04. The van der Waals surface area contributed by atoms with Gasteiger partial charge in [-0.3, -0.25) is 4.79 Å². The Morgan fingerprint density at radius 2 is 2.37 bits per heavy atom. The minimum absolute atomic E-state index is 0.0134. The summed E-state index contributed by atoms with van der Waals surface area (Å²) >= 11 is 1.54. The molecule has 1 heterocycles. The predicted octanol–water partition coefficient (Wildman–Crippen LogP) is 1.26. The number of hydrogen-bond donors (Lipinski definition) is 2. The highest BCUT2D eigenvalue weighted by Crippen LogP contribution is 2.23. The Morgan fingerprint density at radius 3 is 3.11 bits per heavy atom. The van der Waals surface area contributed by atoms with E-state index in [0.717, 1.165) is 11.3 Å². The Balaban J connectivity index is 1.94. The van der Waals surface area contributed by atoms with E-state index < -0.39 is 0 Å². The van der Waals surface area contributed by atoms with Gasteiger partial charge in [0.25, 0.3) is 5.91 Å². The molecule has 2 aromatic rings. The fourth-order valence-electron chi connectivity index (χ4n) is 1.51. The summed E-state index contributed by atoms with van der Waals surface area (Å²) in [5, 5.41) is 4.61. The second kappa shape index (κ2) is 6.86. The highest BCUT2D eigenvalue weighted by Gasteiger charge is 2.04. The van der Waals surface area contributed by atoms with E-state index in [2.05, 4.69) is 10.3 Å². The smallest absolute Gasteiger partial charge is 0.257 e. The number of nitrogens with two attached hydrogens (primary N) is 1. The monoisotopic (exact) mass is 277 g/mol. The molecule has 2 rings (SSSR count). The van der Waals surface area contributed by atoms with Crippen LogP contribution in [0, 0.1) is 0 Å². The summed E-state index contributed by atoms with van der Waals surface area (Å²) in [5.41, 5.74) is 8.96. The Kier molecular flexibility index (Phi) is 4.88. The average molecular weight is 277 g/mol. The maximum Gasteiger partial charge on any atom is 0.257 e. The van der Waals surface area contributed by atoms with Gasteiger partial charge in [0.05, 0.1) is 11.2 Å². The van der Waals surface area contributed by atoms with Crippen LogP contribution in [0.4, 0.5) is 0 Å². The van der Waals surface area contributed by atoms with Crippen molar-refractivity contribution < 1.29 is 9.53 Å². The summed E-state index contributed by atoms with van der Waals surface area (Å²) in [6.07, 6.45) is 0. The van der Waals surface area contributed by atoms with Gasteiger partial charge in [-0.15, -0.1) is 11.3 Å². The standard InChI is InChI=1S/C13H15N3O2S/c14-4-5-15-13(17)7-18-11-3-1-2-10(6-11)12-8-19-9-16-12/h1-3,6,8-9H,4-5,7,14H2,(H,15,17). The van der Waals surface area contributed by atoms with E-state index in [0.29, 0.717) is 18.8 Å². The Hall–Kier alpha value is -1.92. The van der Waals surface area contributed by atoms with Crippen molar-refractivity contribution in [2.24, 2.45) is 5.73 Å². The van der Waals surface area contributed by atoms with Gasteiger partial charge in [-0.1, -0.05) is 12.1 Å².